The summed E-state index contributed by atoms with van der Waals surface area (Å²) in [5, 5.41) is 8.78. The Labute approximate surface area is 427 Å². The molecule has 8 heterocycles. The minimum absolute atomic E-state index is 0.0878. The van der Waals surface area contributed by atoms with Gasteiger partial charge in [0.15, 0.2) is 0 Å². The van der Waals surface area contributed by atoms with Crippen LogP contribution in [0.4, 0.5) is 0 Å². The Bertz CT molecular complexity index is 4560. The monoisotopic (exact) mass is 970 g/mol. The van der Waals surface area contributed by atoms with Crippen LogP contribution in [-0.4, -0.2) is 32.7 Å². The summed E-state index contributed by atoms with van der Waals surface area (Å²) >= 11 is 0. The zero-order valence-corrected chi connectivity index (χ0v) is 45.4. The predicted molar refractivity (Wildman–Crippen MR) is 313 cm³/mol. The molecule has 0 unspecified atom stereocenters. The van der Waals surface area contributed by atoms with Crippen molar-refractivity contribution in [3.05, 3.63) is 132 Å². The van der Waals surface area contributed by atoms with Gasteiger partial charge in [0.05, 0.1) is 46.6 Å². The highest BCUT2D eigenvalue weighted by molar-refractivity contribution is 7.03. The molecule has 0 fully saturated rings. The lowest BCUT2D eigenvalue weighted by molar-refractivity contribution is 0.411. The molecule has 0 spiro atoms. The first kappa shape index (κ1) is 43.7. The zero-order chi connectivity index (χ0) is 50.1. The van der Waals surface area contributed by atoms with E-state index >= 15 is 0 Å². The molecule has 0 N–H and O–H groups in total. The predicted octanol–water partition coefficient (Wildman–Crippen LogP) is 15.4. The number of rotatable bonds is 6. The van der Waals surface area contributed by atoms with Crippen molar-refractivity contribution in [3.8, 4) is 11.4 Å². The van der Waals surface area contributed by atoms with Crippen molar-refractivity contribution in [2.45, 2.75) is 113 Å². The topological polar surface area (TPSA) is 45.0 Å². The van der Waals surface area contributed by atoms with Crippen LogP contribution < -0.4 is 21.6 Å². The lowest BCUT2D eigenvalue weighted by atomic mass is 9.34. The average molecular weight is 971 g/mol. The van der Waals surface area contributed by atoms with Crippen LogP contribution in [0.15, 0.2) is 130 Å². The van der Waals surface area contributed by atoms with Gasteiger partial charge in [-0.15, -0.1) is 0 Å². The highest BCUT2D eigenvalue weighted by atomic mass is 28.3. The van der Waals surface area contributed by atoms with E-state index in [1.165, 1.54) is 99.4 Å². The van der Waals surface area contributed by atoms with Gasteiger partial charge in [-0.1, -0.05) is 137 Å². The van der Waals surface area contributed by atoms with Crippen LogP contribution in [0.5, 0.6) is 0 Å². The number of imidazole rings is 2. The molecule has 2 aliphatic rings. The van der Waals surface area contributed by atoms with Crippen LogP contribution in [0.3, 0.4) is 0 Å². The molecule has 0 atom stereocenters. The molecule has 6 nitrogen and oxygen atoms in total. The summed E-state index contributed by atoms with van der Waals surface area (Å²) in [6, 6.07) is 46.9. The van der Waals surface area contributed by atoms with Crippen molar-refractivity contribution in [1.82, 2.24) is 17.9 Å². The molecule has 0 aliphatic carbocycles. The Kier molecular flexibility index (Phi) is 8.51. The normalized spacial score (nSPS) is 14.2. The van der Waals surface area contributed by atoms with E-state index in [1.807, 2.05) is 0 Å². The molecule has 0 radical (unpaired) electrons. The van der Waals surface area contributed by atoms with Gasteiger partial charge in [0.1, 0.15) is 33.6 Å². The minimum atomic E-state index is -2.26. The summed E-state index contributed by atoms with van der Waals surface area (Å²) in [5.74, 6) is 0. The van der Waals surface area contributed by atoms with Crippen molar-refractivity contribution < 1.29 is 8.83 Å². The van der Waals surface area contributed by atoms with Gasteiger partial charge >= 0.3 is 0 Å². The third-order valence-electron chi connectivity index (χ3n) is 17.7. The number of fused-ring (bicyclic) bond motifs is 23. The van der Waals surface area contributed by atoms with E-state index in [0.717, 1.165) is 51.3 Å². The molecule has 7 aromatic carbocycles. The largest absolute Gasteiger partial charge is 0.456 e. The maximum absolute atomic E-state index is 6.79. The molecule has 0 saturated heterocycles. The summed E-state index contributed by atoms with van der Waals surface area (Å²) in [6.45, 7) is 29.2. The maximum atomic E-state index is 6.79. The first-order chi connectivity index (χ1) is 34.9. The van der Waals surface area contributed by atoms with Crippen molar-refractivity contribution >= 4 is 135 Å². The highest BCUT2D eigenvalue weighted by Crippen LogP contribution is 2.47. The van der Waals surface area contributed by atoms with Gasteiger partial charge in [-0.25, -0.2) is 0 Å². The second kappa shape index (κ2) is 14.2. The Morgan fingerprint density at radius 3 is 1.59 bits per heavy atom. The number of hydrogen-bond donors (Lipinski definition) is 0. The number of benzene rings is 7. The number of para-hydroxylation sites is 2. The number of aromatic nitrogens is 4. The van der Waals surface area contributed by atoms with Crippen LogP contribution in [-0.2, 0) is 12.8 Å². The van der Waals surface area contributed by atoms with E-state index in [9.17, 15) is 0 Å². The second-order valence-corrected chi connectivity index (χ2v) is 31.5. The first-order valence-corrected chi connectivity index (χ1v) is 29.2. The molecular weight excluding hydrogens is 908 g/mol. The van der Waals surface area contributed by atoms with Crippen LogP contribution >= 0.6 is 0 Å². The van der Waals surface area contributed by atoms with Crippen LogP contribution in [0.25, 0.3) is 110 Å². The molecule has 2 aliphatic heterocycles. The fourth-order valence-corrected chi connectivity index (χ4v) is 22.4. The molecule has 6 aromatic heterocycles. The lowest BCUT2D eigenvalue weighted by Gasteiger charge is -2.45. The van der Waals surface area contributed by atoms with E-state index in [4.69, 9.17) is 8.83 Å². The molecule has 13 aromatic rings. The Morgan fingerprint density at radius 2 is 0.986 bits per heavy atom. The summed E-state index contributed by atoms with van der Waals surface area (Å²) in [4.78, 5) is 0. The SMILES string of the molecule is CC(C)[Si](c1cc2c3c(c1)-n1c4ccc(CC(C)(C)C)cc4n4c5c(ccc6oc7ccccc7c65)c(c14)B3c1c3cc4c(cc3n3c5cc(CC(C)(C)C)ccc5n-2c13)oc1ccccc14)(C(C)C)C(C)C. The Morgan fingerprint density at radius 1 is 0.452 bits per heavy atom. The number of furan rings is 2. The fourth-order valence-electron chi connectivity index (χ4n) is 15.6. The van der Waals surface area contributed by atoms with Crippen LogP contribution in [0.1, 0.15) is 94.2 Å². The van der Waals surface area contributed by atoms with Gasteiger partial charge < -0.3 is 8.83 Å². The van der Waals surface area contributed by atoms with Crippen molar-refractivity contribution in [1.29, 1.82) is 0 Å². The van der Waals surface area contributed by atoms with Crippen molar-refractivity contribution in [2.24, 2.45) is 10.8 Å². The molecule has 8 heteroatoms. The standard InChI is InChI=1S/C65H63BN4O2Si/c1-35(2)73(36(3)4,37(5)6)40-29-51-60-52(30-40)68-47-25-22-39(34-65(10,11)12)28-50(47)70-61-43(23-26-55-57(61)42-18-14-16-20-54(42)71-55)58(63(68)70)66(60)59-45-31-44-41-17-13-15-19-53(41)72-56(44)32-48(45)69-49-27-38(33-64(7,8)9)21-24-46(49)67(51)62(59)69/h13-32,35-37H,33-34H2,1-12H3. The Hall–Kier alpha value is -6.90. The highest BCUT2D eigenvalue weighted by Gasteiger charge is 2.49. The summed E-state index contributed by atoms with van der Waals surface area (Å²) < 4.78 is 24.3. The molecule has 73 heavy (non-hydrogen) atoms. The van der Waals surface area contributed by atoms with E-state index in [1.54, 1.807) is 5.19 Å². The zero-order valence-electron chi connectivity index (χ0n) is 44.4. The third kappa shape index (κ3) is 5.55. The first-order valence-electron chi connectivity index (χ1n) is 27.0. The lowest BCUT2D eigenvalue weighted by Crippen LogP contribution is -2.61. The summed E-state index contributed by atoms with van der Waals surface area (Å²) in [5.41, 5.74) is 25.0. The van der Waals surface area contributed by atoms with Crippen LogP contribution in [0.2, 0.25) is 16.6 Å². The van der Waals surface area contributed by atoms with Gasteiger partial charge in [-0.05, 0) is 145 Å². The summed E-state index contributed by atoms with van der Waals surface area (Å²) in [6.07, 6.45) is 1.97. The molecular formula is C65H63BN4O2Si. The second-order valence-electron chi connectivity index (χ2n) is 25.6. The van der Waals surface area contributed by atoms with E-state index in [-0.39, 0.29) is 17.5 Å². The third-order valence-corrected chi connectivity index (χ3v) is 24.8. The van der Waals surface area contributed by atoms with Gasteiger partial charge in [0, 0.05) is 33.6 Å². The molecule has 0 saturated carbocycles. The fraction of sp³-hybridized carbons (Fsp3) is 0.292. The minimum Gasteiger partial charge on any atom is -0.456 e. The number of hydrogen-bond acceptors (Lipinski definition) is 2. The van der Waals surface area contributed by atoms with Gasteiger partial charge in [0.25, 0.3) is 6.71 Å². The quantitative estimate of drug-likeness (QED) is 0.156. The van der Waals surface area contributed by atoms with Gasteiger partial charge in [-0.2, -0.15) is 0 Å². The van der Waals surface area contributed by atoms with E-state index < -0.39 is 8.07 Å². The van der Waals surface area contributed by atoms with Crippen molar-refractivity contribution in [2.75, 3.05) is 0 Å². The average Bonchev–Trinajstić information content (AvgIpc) is 4.16. The number of nitrogens with zero attached hydrogens (tertiary/aromatic N) is 4. The Balaban J connectivity index is 1.21. The van der Waals surface area contributed by atoms with Gasteiger partial charge in [0.2, 0.25) is 0 Å². The smallest absolute Gasteiger partial charge is 0.258 e. The summed E-state index contributed by atoms with van der Waals surface area (Å²) in [7, 11) is -2.26. The molecule has 362 valence electrons. The maximum Gasteiger partial charge on any atom is 0.258 e. The van der Waals surface area contributed by atoms with Crippen LogP contribution in [0, 0.1) is 10.8 Å². The van der Waals surface area contributed by atoms with E-state index in [0.29, 0.717) is 16.6 Å². The molecule has 0 bridgehead atoms. The molecule has 0 amide bonds. The molecule has 15 rings (SSSR count). The van der Waals surface area contributed by atoms with Crippen molar-refractivity contribution in [3.63, 3.8) is 0 Å². The van der Waals surface area contributed by atoms with E-state index in [2.05, 4.69) is 222 Å². The van der Waals surface area contributed by atoms with Gasteiger partial charge in [-0.3, -0.25) is 17.9 Å².